The van der Waals surface area contributed by atoms with Crippen LogP contribution in [0.15, 0.2) is 71.5 Å². The van der Waals surface area contributed by atoms with E-state index in [1.165, 1.54) is 6.26 Å². The van der Waals surface area contributed by atoms with Gasteiger partial charge in [-0.2, -0.15) is 0 Å². The van der Waals surface area contributed by atoms with E-state index in [-0.39, 0.29) is 12.5 Å². The van der Waals surface area contributed by atoms with E-state index in [1.807, 2.05) is 18.2 Å². The summed E-state index contributed by atoms with van der Waals surface area (Å²) in [4.78, 5) is 16.3. The van der Waals surface area contributed by atoms with Crippen LogP contribution in [0, 0.1) is 0 Å². The topological polar surface area (TPSA) is 84.6 Å². The Labute approximate surface area is 145 Å². The van der Waals surface area contributed by atoms with E-state index in [4.69, 9.17) is 9.15 Å². The molecule has 6 nitrogen and oxygen atoms in total. The Morgan fingerprint density at radius 2 is 2.00 bits per heavy atom. The molecule has 6 heteroatoms. The first-order chi connectivity index (χ1) is 12.2. The minimum absolute atomic E-state index is 0.0737. The molecular formula is C19H18N2O4. The number of carbonyl (C=O) groups excluding carboxylic acids is 1. The molecule has 2 N–H and O–H groups in total. The SMILES string of the molecule is O=C(NCC(O)c1ccco1)c1ccc(OCc2ccccn2)cc1. The van der Waals surface area contributed by atoms with Gasteiger partial charge in [-0.25, -0.2) is 0 Å². The molecule has 3 rings (SSSR count). The lowest BCUT2D eigenvalue weighted by Crippen LogP contribution is -2.28. The highest BCUT2D eigenvalue weighted by Crippen LogP contribution is 2.15. The van der Waals surface area contributed by atoms with Crippen molar-refractivity contribution < 1.29 is 19.1 Å². The first-order valence-corrected chi connectivity index (χ1v) is 7.85. The van der Waals surface area contributed by atoms with Crippen LogP contribution in [0.3, 0.4) is 0 Å². The van der Waals surface area contributed by atoms with E-state index in [0.717, 1.165) is 5.69 Å². The number of hydrogen-bond donors (Lipinski definition) is 2. The van der Waals surface area contributed by atoms with Crippen molar-refractivity contribution in [3.8, 4) is 5.75 Å². The van der Waals surface area contributed by atoms with E-state index in [1.54, 1.807) is 42.6 Å². The number of hydrogen-bond acceptors (Lipinski definition) is 5. The van der Waals surface area contributed by atoms with Crippen molar-refractivity contribution in [3.05, 3.63) is 84.1 Å². The number of carbonyl (C=O) groups is 1. The van der Waals surface area contributed by atoms with Gasteiger partial charge in [-0.05, 0) is 48.5 Å². The van der Waals surface area contributed by atoms with Crippen LogP contribution in [0.25, 0.3) is 0 Å². The third-order valence-corrected chi connectivity index (χ3v) is 3.56. The number of amides is 1. The number of aromatic nitrogens is 1. The van der Waals surface area contributed by atoms with Crippen molar-refractivity contribution in [1.82, 2.24) is 10.3 Å². The molecule has 1 aromatic carbocycles. The highest BCUT2D eigenvalue weighted by atomic mass is 16.5. The Morgan fingerprint density at radius 3 is 2.68 bits per heavy atom. The van der Waals surface area contributed by atoms with Gasteiger partial charge in [0.15, 0.2) is 0 Å². The number of pyridine rings is 1. The smallest absolute Gasteiger partial charge is 0.251 e. The third-order valence-electron chi connectivity index (χ3n) is 3.56. The van der Waals surface area contributed by atoms with Gasteiger partial charge in [0.1, 0.15) is 24.2 Å². The Balaban J connectivity index is 1.50. The van der Waals surface area contributed by atoms with Crippen molar-refractivity contribution in [2.24, 2.45) is 0 Å². The minimum Gasteiger partial charge on any atom is -0.487 e. The molecule has 0 radical (unpaired) electrons. The first-order valence-electron chi connectivity index (χ1n) is 7.85. The van der Waals surface area contributed by atoms with Crippen LogP contribution < -0.4 is 10.1 Å². The third kappa shape index (κ3) is 4.68. The van der Waals surface area contributed by atoms with Crippen LogP contribution in [0.4, 0.5) is 0 Å². The van der Waals surface area contributed by atoms with Gasteiger partial charge in [-0.3, -0.25) is 9.78 Å². The number of furan rings is 1. The molecular weight excluding hydrogens is 320 g/mol. The van der Waals surface area contributed by atoms with E-state index >= 15 is 0 Å². The average Bonchev–Trinajstić information content (AvgIpc) is 3.20. The molecule has 0 fully saturated rings. The molecule has 1 unspecified atom stereocenters. The molecule has 0 spiro atoms. The van der Waals surface area contributed by atoms with Crippen molar-refractivity contribution in [1.29, 1.82) is 0 Å². The maximum atomic E-state index is 12.1. The molecule has 0 saturated heterocycles. The van der Waals surface area contributed by atoms with Crippen molar-refractivity contribution in [3.63, 3.8) is 0 Å². The summed E-state index contributed by atoms with van der Waals surface area (Å²) in [6.07, 6.45) is 2.31. The predicted octanol–water partition coefficient (Wildman–Crippen LogP) is 2.72. The first kappa shape index (κ1) is 16.7. The Hall–Kier alpha value is -3.12. The van der Waals surface area contributed by atoms with Crippen molar-refractivity contribution in [2.75, 3.05) is 6.54 Å². The second-order valence-corrected chi connectivity index (χ2v) is 5.38. The van der Waals surface area contributed by atoms with Gasteiger partial charge in [0.25, 0.3) is 5.91 Å². The summed E-state index contributed by atoms with van der Waals surface area (Å²) in [6.45, 7) is 0.437. The maximum Gasteiger partial charge on any atom is 0.251 e. The second kappa shape index (κ2) is 8.12. The lowest BCUT2D eigenvalue weighted by molar-refractivity contribution is 0.0901. The molecule has 3 aromatic rings. The van der Waals surface area contributed by atoms with Crippen molar-refractivity contribution >= 4 is 5.91 Å². The Morgan fingerprint density at radius 1 is 1.16 bits per heavy atom. The van der Waals surface area contributed by atoms with Crippen LogP contribution in [-0.2, 0) is 6.61 Å². The minimum atomic E-state index is -0.875. The zero-order valence-corrected chi connectivity index (χ0v) is 13.5. The highest BCUT2D eigenvalue weighted by molar-refractivity contribution is 5.94. The fraction of sp³-hybridized carbons (Fsp3) is 0.158. The van der Waals surface area contributed by atoms with E-state index < -0.39 is 6.10 Å². The van der Waals surface area contributed by atoms with Crippen LogP contribution >= 0.6 is 0 Å². The molecule has 25 heavy (non-hydrogen) atoms. The summed E-state index contributed by atoms with van der Waals surface area (Å²) >= 11 is 0. The molecule has 1 amide bonds. The van der Waals surface area contributed by atoms with Crippen LogP contribution in [0.5, 0.6) is 5.75 Å². The standard InChI is InChI=1S/C19H18N2O4/c22-17(18-5-3-11-24-18)12-21-19(23)14-6-8-16(9-7-14)25-13-15-4-1-2-10-20-15/h1-11,17,22H,12-13H2,(H,21,23). The molecule has 128 valence electrons. The average molecular weight is 338 g/mol. The number of ether oxygens (including phenoxy) is 1. The Bertz CT molecular complexity index is 786. The fourth-order valence-corrected chi connectivity index (χ4v) is 2.22. The van der Waals surface area contributed by atoms with E-state index in [0.29, 0.717) is 23.7 Å². The summed E-state index contributed by atoms with van der Waals surface area (Å²) in [6, 6.07) is 15.8. The highest BCUT2D eigenvalue weighted by Gasteiger charge is 2.13. The molecule has 0 aliphatic carbocycles. The number of rotatable bonds is 7. The van der Waals surface area contributed by atoms with Crippen molar-refractivity contribution in [2.45, 2.75) is 12.7 Å². The second-order valence-electron chi connectivity index (χ2n) is 5.38. The molecule has 2 aromatic heterocycles. The lowest BCUT2D eigenvalue weighted by atomic mass is 10.2. The maximum absolute atomic E-state index is 12.1. The molecule has 0 aliphatic rings. The van der Waals surface area contributed by atoms with Gasteiger partial charge in [0.2, 0.25) is 0 Å². The van der Waals surface area contributed by atoms with Gasteiger partial charge in [0, 0.05) is 11.8 Å². The van der Waals surface area contributed by atoms with Crippen LogP contribution in [0.2, 0.25) is 0 Å². The summed E-state index contributed by atoms with van der Waals surface area (Å²) in [5, 5.41) is 12.6. The quantitative estimate of drug-likeness (QED) is 0.692. The van der Waals surface area contributed by atoms with Gasteiger partial charge in [0.05, 0.1) is 18.5 Å². The molecule has 0 aliphatic heterocycles. The van der Waals surface area contributed by atoms with Crippen LogP contribution in [0.1, 0.15) is 27.9 Å². The molecule has 1 atom stereocenters. The summed E-state index contributed by atoms with van der Waals surface area (Å²) < 4.78 is 10.7. The molecule has 0 saturated carbocycles. The number of nitrogens with one attached hydrogen (secondary N) is 1. The number of aliphatic hydroxyl groups is 1. The van der Waals surface area contributed by atoms with Gasteiger partial charge in [-0.1, -0.05) is 6.07 Å². The van der Waals surface area contributed by atoms with Gasteiger partial charge < -0.3 is 19.6 Å². The molecule has 0 bridgehead atoms. The van der Waals surface area contributed by atoms with Gasteiger partial charge in [-0.15, -0.1) is 0 Å². The monoisotopic (exact) mass is 338 g/mol. The molecule has 2 heterocycles. The number of aliphatic hydroxyl groups excluding tert-OH is 1. The zero-order valence-electron chi connectivity index (χ0n) is 13.5. The lowest BCUT2D eigenvalue weighted by Gasteiger charge is -2.10. The normalized spacial score (nSPS) is 11.7. The summed E-state index contributed by atoms with van der Waals surface area (Å²) in [7, 11) is 0. The summed E-state index contributed by atoms with van der Waals surface area (Å²) in [5.74, 6) is 0.790. The Kier molecular flexibility index (Phi) is 5.43. The number of nitrogens with zero attached hydrogens (tertiary/aromatic N) is 1. The fourth-order valence-electron chi connectivity index (χ4n) is 2.22. The van der Waals surface area contributed by atoms with E-state index in [9.17, 15) is 9.90 Å². The zero-order chi connectivity index (χ0) is 17.5. The predicted molar refractivity (Wildman–Crippen MR) is 91.0 cm³/mol. The largest absolute Gasteiger partial charge is 0.487 e. The van der Waals surface area contributed by atoms with E-state index in [2.05, 4.69) is 10.3 Å². The number of benzene rings is 1. The van der Waals surface area contributed by atoms with Gasteiger partial charge >= 0.3 is 0 Å². The summed E-state index contributed by atoms with van der Waals surface area (Å²) in [5.41, 5.74) is 1.31. The van der Waals surface area contributed by atoms with Crippen LogP contribution in [-0.4, -0.2) is 22.5 Å².